The van der Waals surface area contributed by atoms with E-state index in [4.69, 9.17) is 5.73 Å². The molecule has 0 saturated heterocycles. The van der Waals surface area contributed by atoms with Crippen LogP contribution in [0.4, 0.5) is 0 Å². The second kappa shape index (κ2) is 2.76. The summed E-state index contributed by atoms with van der Waals surface area (Å²) in [5.41, 5.74) is 5.86. The summed E-state index contributed by atoms with van der Waals surface area (Å²) in [7, 11) is 0. The van der Waals surface area contributed by atoms with E-state index >= 15 is 0 Å². The lowest BCUT2D eigenvalue weighted by Crippen LogP contribution is -2.46. The highest BCUT2D eigenvalue weighted by Crippen LogP contribution is 2.37. The molecule has 0 radical (unpaired) electrons. The van der Waals surface area contributed by atoms with Crippen LogP contribution in [0.15, 0.2) is 0 Å². The van der Waals surface area contributed by atoms with Crippen molar-refractivity contribution in [2.75, 3.05) is 0 Å². The zero-order valence-electron chi connectivity index (χ0n) is 7.67. The molecule has 0 aromatic rings. The van der Waals surface area contributed by atoms with E-state index in [0.717, 1.165) is 12.8 Å². The molecule has 66 valence electrons. The molecule has 3 unspecified atom stereocenters. The van der Waals surface area contributed by atoms with Gasteiger partial charge in [0, 0.05) is 6.04 Å². The first-order valence-corrected chi connectivity index (χ1v) is 4.37. The van der Waals surface area contributed by atoms with Gasteiger partial charge in [-0.2, -0.15) is 0 Å². The van der Waals surface area contributed by atoms with Gasteiger partial charge in [-0.25, -0.2) is 0 Å². The van der Waals surface area contributed by atoms with Crippen LogP contribution in [0.2, 0.25) is 0 Å². The third kappa shape index (κ3) is 1.74. The Morgan fingerprint density at radius 2 is 2.00 bits per heavy atom. The smallest absolute Gasteiger partial charge is 0.0617 e. The molecular formula is C9H19NO. The van der Waals surface area contributed by atoms with Crippen LogP contribution in [-0.2, 0) is 0 Å². The first-order valence-electron chi connectivity index (χ1n) is 4.37. The molecule has 1 aliphatic carbocycles. The highest BCUT2D eigenvalue weighted by atomic mass is 16.3. The van der Waals surface area contributed by atoms with Crippen LogP contribution in [-0.4, -0.2) is 17.3 Å². The molecule has 2 heteroatoms. The van der Waals surface area contributed by atoms with Crippen LogP contribution in [0.1, 0.15) is 33.6 Å². The van der Waals surface area contributed by atoms with Gasteiger partial charge in [0.1, 0.15) is 0 Å². The summed E-state index contributed by atoms with van der Waals surface area (Å²) < 4.78 is 0. The summed E-state index contributed by atoms with van der Waals surface area (Å²) >= 11 is 0. The highest BCUT2D eigenvalue weighted by molar-refractivity contribution is 4.91. The number of hydrogen-bond donors (Lipinski definition) is 2. The Morgan fingerprint density at radius 3 is 2.45 bits per heavy atom. The van der Waals surface area contributed by atoms with E-state index in [0.29, 0.717) is 5.92 Å². The molecule has 1 fully saturated rings. The van der Waals surface area contributed by atoms with E-state index in [9.17, 15) is 5.11 Å². The van der Waals surface area contributed by atoms with Gasteiger partial charge in [0.05, 0.1) is 6.10 Å². The Labute approximate surface area is 68.8 Å². The fourth-order valence-electron chi connectivity index (χ4n) is 2.26. The lowest BCUT2D eigenvalue weighted by Gasteiger charge is -2.42. The minimum absolute atomic E-state index is 0.0110. The number of aliphatic hydroxyl groups is 1. The summed E-state index contributed by atoms with van der Waals surface area (Å²) in [6, 6.07) is 0.281. The molecule has 0 spiro atoms. The Balaban J connectivity index is 2.67. The van der Waals surface area contributed by atoms with E-state index in [1.54, 1.807) is 0 Å². The Bertz CT molecular complexity index is 144. The minimum Gasteiger partial charge on any atom is -0.392 e. The quantitative estimate of drug-likeness (QED) is 0.553. The minimum atomic E-state index is -0.178. The van der Waals surface area contributed by atoms with E-state index in [2.05, 4.69) is 20.8 Å². The highest BCUT2D eigenvalue weighted by Gasteiger charge is 2.38. The fourth-order valence-corrected chi connectivity index (χ4v) is 2.26. The van der Waals surface area contributed by atoms with Crippen molar-refractivity contribution < 1.29 is 5.11 Å². The molecule has 11 heavy (non-hydrogen) atoms. The van der Waals surface area contributed by atoms with E-state index < -0.39 is 0 Å². The van der Waals surface area contributed by atoms with Crippen molar-refractivity contribution in [2.45, 2.75) is 45.8 Å². The summed E-state index contributed by atoms with van der Waals surface area (Å²) in [4.78, 5) is 0. The van der Waals surface area contributed by atoms with Crippen LogP contribution in [0.5, 0.6) is 0 Å². The zero-order chi connectivity index (χ0) is 8.65. The van der Waals surface area contributed by atoms with Crippen molar-refractivity contribution in [3.63, 3.8) is 0 Å². The van der Waals surface area contributed by atoms with Gasteiger partial charge in [-0.05, 0) is 24.2 Å². The van der Waals surface area contributed by atoms with Crippen LogP contribution < -0.4 is 5.73 Å². The maximum Gasteiger partial charge on any atom is 0.0617 e. The summed E-state index contributed by atoms with van der Waals surface area (Å²) in [6.07, 6.45) is 1.73. The van der Waals surface area contributed by atoms with Gasteiger partial charge in [0.15, 0.2) is 0 Å². The van der Waals surface area contributed by atoms with Crippen molar-refractivity contribution in [2.24, 2.45) is 17.1 Å². The van der Waals surface area contributed by atoms with Gasteiger partial charge in [-0.3, -0.25) is 0 Å². The molecule has 0 bridgehead atoms. The molecule has 2 nitrogen and oxygen atoms in total. The van der Waals surface area contributed by atoms with Gasteiger partial charge >= 0.3 is 0 Å². The summed E-state index contributed by atoms with van der Waals surface area (Å²) in [5, 5.41) is 9.77. The molecule has 3 N–H and O–H groups in total. The summed E-state index contributed by atoms with van der Waals surface area (Å²) in [5.74, 6) is 0.355. The third-order valence-electron chi connectivity index (χ3n) is 2.80. The molecule has 0 amide bonds. The van der Waals surface area contributed by atoms with Crippen molar-refractivity contribution in [1.29, 1.82) is 0 Å². The SMILES string of the molecule is CC1CC(N)CC(C)(C)C1O. The van der Waals surface area contributed by atoms with Crippen molar-refractivity contribution in [3.8, 4) is 0 Å². The van der Waals surface area contributed by atoms with Crippen molar-refractivity contribution in [1.82, 2.24) is 0 Å². The van der Waals surface area contributed by atoms with E-state index in [1.807, 2.05) is 0 Å². The zero-order valence-corrected chi connectivity index (χ0v) is 7.67. The monoisotopic (exact) mass is 157 g/mol. The number of hydrogen-bond acceptors (Lipinski definition) is 2. The molecule has 0 aromatic heterocycles. The van der Waals surface area contributed by atoms with Crippen molar-refractivity contribution in [3.05, 3.63) is 0 Å². The fraction of sp³-hybridized carbons (Fsp3) is 1.00. The Kier molecular flexibility index (Phi) is 2.26. The topological polar surface area (TPSA) is 46.2 Å². The molecule has 1 rings (SSSR count). The average Bonchev–Trinajstić information content (AvgIpc) is 1.81. The first-order chi connectivity index (χ1) is 4.93. The third-order valence-corrected chi connectivity index (χ3v) is 2.80. The lowest BCUT2D eigenvalue weighted by molar-refractivity contribution is -0.0321. The number of nitrogens with two attached hydrogens (primary N) is 1. The van der Waals surface area contributed by atoms with Gasteiger partial charge in [-0.1, -0.05) is 20.8 Å². The van der Waals surface area contributed by atoms with Gasteiger partial charge < -0.3 is 10.8 Å². The molecule has 0 aliphatic heterocycles. The van der Waals surface area contributed by atoms with Crippen molar-refractivity contribution >= 4 is 0 Å². The van der Waals surface area contributed by atoms with Crippen LogP contribution >= 0.6 is 0 Å². The number of aliphatic hydroxyl groups excluding tert-OH is 1. The maximum absolute atomic E-state index is 9.77. The molecular weight excluding hydrogens is 138 g/mol. The maximum atomic E-state index is 9.77. The normalized spacial score (nSPS) is 43.9. The van der Waals surface area contributed by atoms with Gasteiger partial charge in [0.2, 0.25) is 0 Å². The second-order valence-corrected chi connectivity index (χ2v) is 4.61. The van der Waals surface area contributed by atoms with Crippen LogP contribution in [0.3, 0.4) is 0 Å². The predicted octanol–water partition coefficient (Wildman–Crippen LogP) is 1.13. The molecule has 1 aliphatic rings. The van der Waals surface area contributed by atoms with E-state index in [-0.39, 0.29) is 17.6 Å². The largest absolute Gasteiger partial charge is 0.392 e. The van der Waals surface area contributed by atoms with E-state index in [1.165, 1.54) is 0 Å². The predicted molar refractivity (Wildman–Crippen MR) is 46.2 cm³/mol. The average molecular weight is 157 g/mol. The molecule has 1 saturated carbocycles. The van der Waals surface area contributed by atoms with Crippen LogP contribution in [0, 0.1) is 11.3 Å². The standard InChI is InChI=1S/C9H19NO/c1-6-4-7(10)5-9(2,3)8(6)11/h6-8,11H,4-5,10H2,1-3H3. The summed E-state index contributed by atoms with van der Waals surface area (Å²) in [6.45, 7) is 6.26. The molecule has 0 heterocycles. The van der Waals surface area contributed by atoms with Crippen LogP contribution in [0.25, 0.3) is 0 Å². The Hall–Kier alpha value is -0.0800. The lowest BCUT2D eigenvalue weighted by atomic mass is 9.68. The molecule has 0 aromatic carbocycles. The second-order valence-electron chi connectivity index (χ2n) is 4.61. The Morgan fingerprint density at radius 1 is 1.45 bits per heavy atom. The molecule has 3 atom stereocenters. The number of rotatable bonds is 0. The first kappa shape index (κ1) is 9.01. The van der Waals surface area contributed by atoms with Gasteiger partial charge in [-0.15, -0.1) is 0 Å². The van der Waals surface area contributed by atoms with Gasteiger partial charge in [0.25, 0.3) is 0 Å².